The van der Waals surface area contributed by atoms with Crippen LogP contribution >= 0.6 is 0 Å². The fourth-order valence-corrected chi connectivity index (χ4v) is 3.07. The minimum Gasteiger partial charge on any atom is -0.377 e. The first-order chi connectivity index (χ1) is 13.5. The van der Waals surface area contributed by atoms with Gasteiger partial charge in [0.25, 0.3) is 11.8 Å². The molecule has 0 unspecified atom stereocenters. The number of benzene rings is 2. The average molecular weight is 376 g/mol. The van der Waals surface area contributed by atoms with Crippen molar-refractivity contribution in [3.63, 3.8) is 0 Å². The van der Waals surface area contributed by atoms with Crippen LogP contribution in [0.15, 0.2) is 54.7 Å². The van der Waals surface area contributed by atoms with E-state index in [0.29, 0.717) is 17.8 Å². The zero-order valence-electron chi connectivity index (χ0n) is 16.3. The fraction of sp³-hybridized carbons (Fsp3) is 0.227. The molecule has 2 N–H and O–H groups in total. The molecule has 144 valence electrons. The molecule has 0 spiro atoms. The minimum atomic E-state index is -0.300. The summed E-state index contributed by atoms with van der Waals surface area (Å²) in [5.74, 6) is -0.579. The van der Waals surface area contributed by atoms with Crippen molar-refractivity contribution < 1.29 is 9.59 Å². The first-order valence-corrected chi connectivity index (χ1v) is 9.26. The Labute approximate surface area is 164 Å². The summed E-state index contributed by atoms with van der Waals surface area (Å²) in [5.41, 5.74) is 2.18. The van der Waals surface area contributed by atoms with E-state index in [0.717, 1.165) is 22.9 Å². The molecule has 6 nitrogen and oxygen atoms in total. The normalized spacial score (nSPS) is 10.5. The number of rotatable bonds is 6. The molecule has 0 radical (unpaired) electrons. The summed E-state index contributed by atoms with van der Waals surface area (Å²) in [7, 11) is 3.94. The third-order valence-corrected chi connectivity index (χ3v) is 4.43. The molecule has 0 aliphatic carbocycles. The predicted molar refractivity (Wildman–Crippen MR) is 113 cm³/mol. The van der Waals surface area contributed by atoms with Crippen LogP contribution < -0.4 is 15.5 Å². The van der Waals surface area contributed by atoms with Crippen molar-refractivity contribution in [2.75, 3.05) is 30.9 Å². The molecular formula is C22H24N4O2. The molecule has 0 aliphatic rings. The first kappa shape index (κ1) is 19.4. The number of aromatic nitrogens is 1. The molecule has 0 bridgehead atoms. The highest BCUT2D eigenvalue weighted by Crippen LogP contribution is 2.29. The smallest absolute Gasteiger partial charge is 0.272 e. The van der Waals surface area contributed by atoms with Gasteiger partial charge >= 0.3 is 0 Å². The molecular weight excluding hydrogens is 352 g/mol. The SMILES string of the molecule is CCCNC(=O)c1ncccc1NC(=O)c1ccc(N(C)C)c2ccccc12. The number of amides is 2. The van der Waals surface area contributed by atoms with E-state index in [-0.39, 0.29) is 17.5 Å². The Morgan fingerprint density at radius 1 is 0.964 bits per heavy atom. The second-order valence-corrected chi connectivity index (χ2v) is 6.68. The summed E-state index contributed by atoms with van der Waals surface area (Å²) in [4.78, 5) is 31.5. The molecule has 0 saturated heterocycles. The standard InChI is InChI=1S/C22H24N4O2/c1-4-13-24-22(28)20-18(10-7-14-23-20)25-21(27)17-11-12-19(26(2)3)16-9-6-5-8-15(16)17/h5-12,14H,4,13H2,1-3H3,(H,24,28)(H,25,27). The number of anilines is 2. The number of hydrogen-bond acceptors (Lipinski definition) is 4. The van der Waals surface area contributed by atoms with Crippen molar-refractivity contribution in [1.82, 2.24) is 10.3 Å². The number of pyridine rings is 1. The first-order valence-electron chi connectivity index (χ1n) is 9.26. The molecule has 3 aromatic rings. The lowest BCUT2D eigenvalue weighted by molar-refractivity contribution is 0.0949. The maximum absolute atomic E-state index is 13.0. The van der Waals surface area contributed by atoms with Crippen LogP contribution in [0, 0.1) is 0 Å². The number of carbonyl (C=O) groups is 2. The highest BCUT2D eigenvalue weighted by molar-refractivity contribution is 6.16. The van der Waals surface area contributed by atoms with Gasteiger partial charge in [-0.05, 0) is 36.1 Å². The highest BCUT2D eigenvalue weighted by Gasteiger charge is 2.17. The van der Waals surface area contributed by atoms with Crippen LogP contribution in [-0.4, -0.2) is 37.4 Å². The Kier molecular flexibility index (Phi) is 5.89. The van der Waals surface area contributed by atoms with Gasteiger partial charge in [0.2, 0.25) is 0 Å². The minimum absolute atomic E-state index is 0.207. The lowest BCUT2D eigenvalue weighted by Crippen LogP contribution is -2.27. The predicted octanol–water partition coefficient (Wildman–Crippen LogP) is 3.69. The molecule has 0 fully saturated rings. The fourth-order valence-electron chi connectivity index (χ4n) is 3.07. The Balaban J connectivity index is 1.95. The van der Waals surface area contributed by atoms with E-state index >= 15 is 0 Å². The van der Waals surface area contributed by atoms with Crippen LogP contribution in [0.3, 0.4) is 0 Å². The van der Waals surface area contributed by atoms with Gasteiger partial charge in [-0.15, -0.1) is 0 Å². The number of nitrogens with zero attached hydrogens (tertiary/aromatic N) is 2. The Morgan fingerprint density at radius 2 is 1.71 bits per heavy atom. The Hall–Kier alpha value is -3.41. The molecule has 0 saturated carbocycles. The van der Waals surface area contributed by atoms with Crippen LogP contribution in [-0.2, 0) is 0 Å². The van der Waals surface area contributed by atoms with Gasteiger partial charge in [0, 0.05) is 43.5 Å². The number of fused-ring (bicyclic) bond motifs is 1. The van der Waals surface area contributed by atoms with Gasteiger partial charge in [0.05, 0.1) is 5.69 Å². The van der Waals surface area contributed by atoms with E-state index in [4.69, 9.17) is 0 Å². The summed E-state index contributed by atoms with van der Waals surface area (Å²) >= 11 is 0. The van der Waals surface area contributed by atoms with E-state index in [2.05, 4.69) is 15.6 Å². The Bertz CT molecular complexity index is 1010. The van der Waals surface area contributed by atoms with Crippen molar-refractivity contribution in [3.8, 4) is 0 Å². The summed E-state index contributed by atoms with van der Waals surface area (Å²) in [5, 5.41) is 7.49. The highest BCUT2D eigenvalue weighted by atomic mass is 16.2. The third-order valence-electron chi connectivity index (χ3n) is 4.43. The topological polar surface area (TPSA) is 74.3 Å². The molecule has 0 aliphatic heterocycles. The van der Waals surface area contributed by atoms with Gasteiger partial charge in [-0.1, -0.05) is 31.2 Å². The number of nitrogens with one attached hydrogen (secondary N) is 2. The molecule has 6 heteroatoms. The van der Waals surface area contributed by atoms with E-state index in [1.165, 1.54) is 6.20 Å². The van der Waals surface area contributed by atoms with Crippen molar-refractivity contribution >= 4 is 34.0 Å². The van der Waals surface area contributed by atoms with Gasteiger partial charge in [0.1, 0.15) is 0 Å². The molecule has 2 amide bonds. The number of carbonyl (C=O) groups excluding carboxylic acids is 2. The lowest BCUT2D eigenvalue weighted by atomic mass is 10.0. The maximum atomic E-state index is 13.0. The van der Waals surface area contributed by atoms with Gasteiger partial charge in [-0.25, -0.2) is 4.98 Å². The average Bonchev–Trinajstić information content (AvgIpc) is 2.71. The lowest BCUT2D eigenvalue weighted by Gasteiger charge is -2.17. The monoisotopic (exact) mass is 376 g/mol. The van der Waals surface area contributed by atoms with Gasteiger partial charge in [-0.3, -0.25) is 9.59 Å². The van der Waals surface area contributed by atoms with Crippen LogP contribution in [0.2, 0.25) is 0 Å². The molecule has 2 aromatic carbocycles. The summed E-state index contributed by atoms with van der Waals surface area (Å²) in [6.45, 7) is 2.53. The van der Waals surface area contributed by atoms with Crippen molar-refractivity contribution in [2.45, 2.75) is 13.3 Å². The molecule has 3 rings (SSSR count). The second-order valence-electron chi connectivity index (χ2n) is 6.68. The van der Waals surface area contributed by atoms with Gasteiger partial charge in [-0.2, -0.15) is 0 Å². The number of hydrogen-bond donors (Lipinski definition) is 2. The van der Waals surface area contributed by atoms with E-state index in [9.17, 15) is 9.59 Å². The molecule has 1 heterocycles. The second kappa shape index (κ2) is 8.52. The van der Waals surface area contributed by atoms with Crippen LogP contribution in [0.1, 0.15) is 34.2 Å². The van der Waals surface area contributed by atoms with Crippen molar-refractivity contribution in [1.29, 1.82) is 0 Å². The molecule has 28 heavy (non-hydrogen) atoms. The zero-order chi connectivity index (χ0) is 20.1. The van der Waals surface area contributed by atoms with E-state index < -0.39 is 0 Å². The third kappa shape index (κ3) is 3.96. The maximum Gasteiger partial charge on any atom is 0.272 e. The quantitative estimate of drug-likeness (QED) is 0.688. The van der Waals surface area contributed by atoms with Gasteiger partial charge < -0.3 is 15.5 Å². The van der Waals surface area contributed by atoms with Gasteiger partial charge in [0.15, 0.2) is 5.69 Å². The largest absolute Gasteiger partial charge is 0.377 e. The van der Waals surface area contributed by atoms with E-state index in [1.807, 2.05) is 56.3 Å². The van der Waals surface area contributed by atoms with Crippen LogP contribution in [0.5, 0.6) is 0 Å². The zero-order valence-corrected chi connectivity index (χ0v) is 16.3. The molecule has 0 atom stereocenters. The molecule has 1 aromatic heterocycles. The van der Waals surface area contributed by atoms with E-state index in [1.54, 1.807) is 18.2 Å². The van der Waals surface area contributed by atoms with Crippen LogP contribution in [0.4, 0.5) is 11.4 Å². The summed E-state index contributed by atoms with van der Waals surface area (Å²) < 4.78 is 0. The van der Waals surface area contributed by atoms with Crippen molar-refractivity contribution in [2.24, 2.45) is 0 Å². The summed E-state index contributed by atoms with van der Waals surface area (Å²) in [6, 6.07) is 14.9. The van der Waals surface area contributed by atoms with Crippen LogP contribution in [0.25, 0.3) is 10.8 Å². The summed E-state index contributed by atoms with van der Waals surface area (Å²) in [6.07, 6.45) is 2.36. The van der Waals surface area contributed by atoms with Crippen molar-refractivity contribution in [3.05, 3.63) is 66.0 Å². The Morgan fingerprint density at radius 3 is 2.43 bits per heavy atom.